The fourth-order valence-electron chi connectivity index (χ4n) is 2.05. The van der Waals surface area contributed by atoms with Crippen LogP contribution in [0, 0.1) is 18.3 Å². The van der Waals surface area contributed by atoms with E-state index in [9.17, 15) is 4.79 Å². The first-order valence-corrected chi connectivity index (χ1v) is 7.91. The summed E-state index contributed by atoms with van der Waals surface area (Å²) in [5, 5.41) is 17.9. The largest absolute Gasteiger partial charge is 0.401 e. The summed E-state index contributed by atoms with van der Waals surface area (Å²) in [6.07, 6.45) is 0. The SMILES string of the molecule is CC(N)=C(C#N)C(=O)CSc1nnc(-c2cccc(C)c2)n1C. The maximum atomic E-state index is 12.0. The van der Waals surface area contributed by atoms with Crippen LogP contribution >= 0.6 is 11.8 Å². The Hall–Kier alpha value is -2.59. The zero-order valence-electron chi connectivity index (χ0n) is 13.2. The van der Waals surface area contributed by atoms with Crippen molar-refractivity contribution in [3.05, 3.63) is 41.1 Å². The molecule has 1 aromatic carbocycles. The average Bonchev–Trinajstić information content (AvgIpc) is 2.86. The molecule has 2 N–H and O–H groups in total. The smallest absolute Gasteiger partial charge is 0.191 e. The molecule has 0 saturated carbocycles. The van der Waals surface area contributed by atoms with E-state index in [0.717, 1.165) is 17.0 Å². The third kappa shape index (κ3) is 3.79. The van der Waals surface area contributed by atoms with E-state index in [1.165, 1.54) is 11.8 Å². The fourth-order valence-corrected chi connectivity index (χ4v) is 2.83. The lowest BCUT2D eigenvalue weighted by molar-refractivity contribution is -0.112. The van der Waals surface area contributed by atoms with Crippen LogP contribution in [0.15, 0.2) is 40.7 Å². The van der Waals surface area contributed by atoms with Gasteiger partial charge in [0.15, 0.2) is 16.8 Å². The molecule has 0 aliphatic rings. The first-order valence-electron chi connectivity index (χ1n) is 6.93. The van der Waals surface area contributed by atoms with Gasteiger partial charge in [0, 0.05) is 18.3 Å². The second-order valence-electron chi connectivity index (χ2n) is 5.12. The Bertz CT molecular complexity index is 812. The van der Waals surface area contributed by atoms with Crippen molar-refractivity contribution in [3.63, 3.8) is 0 Å². The van der Waals surface area contributed by atoms with Crippen molar-refractivity contribution in [2.75, 3.05) is 5.75 Å². The Morgan fingerprint density at radius 3 is 2.78 bits per heavy atom. The molecule has 0 amide bonds. The van der Waals surface area contributed by atoms with Gasteiger partial charge < -0.3 is 10.3 Å². The average molecular weight is 327 g/mol. The number of hydrogen-bond donors (Lipinski definition) is 1. The van der Waals surface area contributed by atoms with Crippen LogP contribution < -0.4 is 5.73 Å². The lowest BCUT2D eigenvalue weighted by atomic mass is 10.1. The number of hydrogen-bond acceptors (Lipinski definition) is 6. The molecule has 1 aromatic heterocycles. The summed E-state index contributed by atoms with van der Waals surface area (Å²) in [7, 11) is 1.85. The summed E-state index contributed by atoms with van der Waals surface area (Å²) in [5.74, 6) is 0.518. The Labute approximate surface area is 139 Å². The Morgan fingerprint density at radius 1 is 1.43 bits per heavy atom. The molecule has 23 heavy (non-hydrogen) atoms. The minimum absolute atomic E-state index is 0.00132. The highest BCUT2D eigenvalue weighted by atomic mass is 32.2. The first kappa shape index (κ1) is 16.8. The fraction of sp³-hybridized carbons (Fsp3) is 0.250. The van der Waals surface area contributed by atoms with Crippen molar-refractivity contribution in [3.8, 4) is 17.5 Å². The zero-order chi connectivity index (χ0) is 17.0. The van der Waals surface area contributed by atoms with Crippen LogP contribution in [0.1, 0.15) is 12.5 Å². The van der Waals surface area contributed by atoms with E-state index in [-0.39, 0.29) is 22.8 Å². The van der Waals surface area contributed by atoms with Crippen molar-refractivity contribution in [2.24, 2.45) is 12.8 Å². The molecule has 2 rings (SSSR count). The highest BCUT2D eigenvalue weighted by Crippen LogP contribution is 2.23. The van der Waals surface area contributed by atoms with Gasteiger partial charge in [-0.2, -0.15) is 5.26 Å². The van der Waals surface area contributed by atoms with E-state index in [1.807, 2.05) is 48.9 Å². The number of carbonyl (C=O) groups is 1. The number of allylic oxidation sites excluding steroid dienone is 2. The van der Waals surface area contributed by atoms with Crippen molar-refractivity contribution in [1.82, 2.24) is 14.8 Å². The molecular formula is C16H17N5OS. The molecule has 0 aliphatic heterocycles. The van der Waals surface area contributed by atoms with E-state index in [0.29, 0.717) is 5.16 Å². The van der Waals surface area contributed by atoms with E-state index in [2.05, 4.69) is 10.2 Å². The van der Waals surface area contributed by atoms with Crippen LogP contribution in [0.4, 0.5) is 0 Å². The minimum Gasteiger partial charge on any atom is -0.401 e. The molecule has 1 heterocycles. The number of nitrogens with zero attached hydrogens (tertiary/aromatic N) is 4. The van der Waals surface area contributed by atoms with Gasteiger partial charge >= 0.3 is 0 Å². The Balaban J connectivity index is 2.17. The van der Waals surface area contributed by atoms with Crippen molar-refractivity contribution >= 4 is 17.5 Å². The van der Waals surface area contributed by atoms with Gasteiger partial charge in [-0.1, -0.05) is 35.5 Å². The minimum atomic E-state index is -0.308. The highest BCUT2D eigenvalue weighted by molar-refractivity contribution is 7.99. The summed E-state index contributed by atoms with van der Waals surface area (Å²) in [6.45, 7) is 3.55. The van der Waals surface area contributed by atoms with Gasteiger partial charge in [-0.15, -0.1) is 10.2 Å². The van der Waals surface area contributed by atoms with Crippen LogP contribution in [0.3, 0.4) is 0 Å². The summed E-state index contributed by atoms with van der Waals surface area (Å²) < 4.78 is 1.83. The maximum Gasteiger partial charge on any atom is 0.191 e. The molecule has 0 aliphatic carbocycles. The Morgan fingerprint density at radius 2 is 2.17 bits per heavy atom. The number of ketones is 1. The number of benzene rings is 1. The Kier molecular flexibility index (Phi) is 5.19. The van der Waals surface area contributed by atoms with Crippen LogP contribution in [-0.2, 0) is 11.8 Å². The number of nitriles is 1. The van der Waals surface area contributed by atoms with E-state index < -0.39 is 0 Å². The summed E-state index contributed by atoms with van der Waals surface area (Å²) in [4.78, 5) is 12.0. The van der Waals surface area contributed by atoms with Gasteiger partial charge in [-0.25, -0.2) is 0 Å². The molecule has 7 heteroatoms. The summed E-state index contributed by atoms with van der Waals surface area (Å²) in [6, 6.07) is 9.80. The van der Waals surface area contributed by atoms with E-state index in [1.54, 1.807) is 6.92 Å². The normalized spacial score (nSPS) is 11.7. The molecule has 0 atom stereocenters. The number of thioether (sulfide) groups is 1. The lowest BCUT2D eigenvalue weighted by Gasteiger charge is -2.04. The first-order chi connectivity index (χ1) is 10.9. The van der Waals surface area contributed by atoms with Crippen molar-refractivity contribution in [2.45, 2.75) is 19.0 Å². The number of carbonyl (C=O) groups excluding carboxylic acids is 1. The molecule has 0 unspecified atom stereocenters. The van der Waals surface area contributed by atoms with Gasteiger partial charge in [-0.05, 0) is 19.9 Å². The molecule has 118 valence electrons. The topological polar surface area (TPSA) is 97.6 Å². The zero-order valence-corrected chi connectivity index (χ0v) is 14.0. The second-order valence-corrected chi connectivity index (χ2v) is 6.06. The summed E-state index contributed by atoms with van der Waals surface area (Å²) >= 11 is 1.23. The van der Waals surface area contributed by atoms with Crippen LogP contribution in [-0.4, -0.2) is 26.3 Å². The second kappa shape index (κ2) is 7.11. The molecule has 0 bridgehead atoms. The monoisotopic (exact) mass is 327 g/mol. The lowest BCUT2D eigenvalue weighted by Crippen LogP contribution is -2.10. The predicted octanol–water partition coefficient (Wildman–Crippen LogP) is 2.21. The third-order valence-corrected chi connectivity index (χ3v) is 4.25. The van der Waals surface area contributed by atoms with Gasteiger partial charge in [0.2, 0.25) is 0 Å². The summed E-state index contributed by atoms with van der Waals surface area (Å²) in [5.41, 5.74) is 7.87. The van der Waals surface area contributed by atoms with Gasteiger partial charge in [-0.3, -0.25) is 4.79 Å². The van der Waals surface area contributed by atoms with Crippen molar-refractivity contribution in [1.29, 1.82) is 5.26 Å². The number of aromatic nitrogens is 3. The van der Waals surface area contributed by atoms with Crippen LogP contribution in [0.25, 0.3) is 11.4 Å². The van der Waals surface area contributed by atoms with Gasteiger partial charge in [0.05, 0.1) is 5.75 Å². The number of Topliss-reactive ketones (excluding diaryl/α,β-unsaturated/α-hetero) is 1. The van der Waals surface area contributed by atoms with E-state index in [4.69, 9.17) is 11.0 Å². The number of aryl methyl sites for hydroxylation is 1. The standard InChI is InChI=1S/C16H17N5OS/c1-10-5-4-6-12(7-10)15-19-20-16(21(15)3)23-9-14(22)13(8-17)11(2)18/h4-7H,9,18H2,1-3H3. The number of rotatable bonds is 5. The number of nitrogens with two attached hydrogens (primary N) is 1. The van der Waals surface area contributed by atoms with E-state index >= 15 is 0 Å². The molecule has 0 spiro atoms. The molecule has 0 radical (unpaired) electrons. The van der Waals surface area contributed by atoms with Gasteiger partial charge in [0.1, 0.15) is 11.6 Å². The molecule has 2 aromatic rings. The maximum absolute atomic E-state index is 12.0. The highest BCUT2D eigenvalue weighted by Gasteiger charge is 2.16. The van der Waals surface area contributed by atoms with Crippen LogP contribution in [0.2, 0.25) is 0 Å². The molecular weight excluding hydrogens is 310 g/mol. The van der Waals surface area contributed by atoms with Gasteiger partial charge in [0.25, 0.3) is 0 Å². The van der Waals surface area contributed by atoms with Crippen molar-refractivity contribution < 1.29 is 4.79 Å². The molecule has 0 saturated heterocycles. The predicted molar refractivity (Wildman–Crippen MR) is 89.4 cm³/mol. The molecule has 0 fully saturated rings. The third-order valence-electron chi connectivity index (χ3n) is 3.23. The van der Waals surface area contributed by atoms with Crippen LogP contribution in [0.5, 0.6) is 0 Å². The molecule has 6 nitrogen and oxygen atoms in total. The quantitative estimate of drug-likeness (QED) is 0.513.